The summed E-state index contributed by atoms with van der Waals surface area (Å²) >= 11 is 6.28. The fourth-order valence-electron chi connectivity index (χ4n) is 4.42. The summed E-state index contributed by atoms with van der Waals surface area (Å²) in [5.74, 6) is 0. The van der Waals surface area contributed by atoms with Gasteiger partial charge in [-0.2, -0.15) is 0 Å². The third kappa shape index (κ3) is 4.44. The van der Waals surface area contributed by atoms with Gasteiger partial charge in [-0.3, -0.25) is 0 Å². The number of rotatable bonds is 8. The van der Waals surface area contributed by atoms with E-state index in [0.717, 1.165) is 11.1 Å². The van der Waals surface area contributed by atoms with Crippen molar-refractivity contribution in [1.29, 1.82) is 0 Å². The monoisotopic (exact) mass is 481 g/mol. The van der Waals surface area contributed by atoms with E-state index in [9.17, 15) is 0 Å². The molecule has 1 saturated heterocycles. The highest BCUT2D eigenvalue weighted by Crippen LogP contribution is 2.44. The molecule has 0 N–H and O–H groups in total. The van der Waals surface area contributed by atoms with Crippen molar-refractivity contribution in [3.8, 4) is 0 Å². The topological polar surface area (TPSA) is 58.4 Å². The summed E-state index contributed by atoms with van der Waals surface area (Å²) in [5.41, 5.74) is 1.44. The summed E-state index contributed by atoms with van der Waals surface area (Å²) in [6.45, 7) is 0.672. The molecule has 0 saturated carbocycles. The number of aromatic nitrogens is 3. The zero-order chi connectivity index (χ0) is 23.5. The van der Waals surface area contributed by atoms with Crippen LogP contribution in [0.3, 0.4) is 0 Å². The lowest BCUT2D eigenvalue weighted by Crippen LogP contribution is -2.41. The van der Waals surface area contributed by atoms with Gasteiger partial charge in [0, 0.05) is 18.8 Å². The van der Waals surface area contributed by atoms with Gasteiger partial charge in [0.05, 0.1) is 31.9 Å². The Bertz CT molecular complexity index is 1250. The predicted molar refractivity (Wildman–Crippen MR) is 127 cm³/mol. The average molecular weight is 482 g/mol. The van der Waals surface area contributed by atoms with Crippen molar-refractivity contribution >= 4 is 22.6 Å². The van der Waals surface area contributed by atoms with Crippen LogP contribution in [0.2, 0.25) is 5.15 Å². The maximum absolute atomic E-state index is 16.9. The number of hydrogen-bond donors (Lipinski definition) is 0. The fourth-order valence-corrected chi connectivity index (χ4v) is 4.68. The number of nitrogens with zero attached hydrogens (tertiary/aromatic N) is 3. The van der Waals surface area contributed by atoms with Gasteiger partial charge < -0.3 is 18.8 Å². The van der Waals surface area contributed by atoms with Gasteiger partial charge in [-0.15, -0.1) is 0 Å². The molecule has 3 heterocycles. The van der Waals surface area contributed by atoms with Crippen LogP contribution in [0, 0.1) is 0 Å². The van der Waals surface area contributed by atoms with E-state index in [-0.39, 0.29) is 25.0 Å². The van der Waals surface area contributed by atoms with Gasteiger partial charge in [-0.05, 0) is 11.1 Å². The largest absolute Gasteiger partial charge is 0.374 e. The molecule has 176 valence electrons. The van der Waals surface area contributed by atoms with Crippen LogP contribution in [0.5, 0.6) is 0 Å². The Morgan fingerprint density at radius 1 is 1.06 bits per heavy atom. The zero-order valence-electron chi connectivity index (χ0n) is 18.7. The third-order valence-corrected chi connectivity index (χ3v) is 6.39. The first kappa shape index (κ1) is 22.9. The number of benzene rings is 2. The molecule has 2 aromatic carbocycles. The number of halogens is 2. The van der Waals surface area contributed by atoms with E-state index in [0.29, 0.717) is 23.2 Å². The van der Waals surface area contributed by atoms with Gasteiger partial charge in [-0.25, -0.2) is 14.4 Å². The number of alkyl halides is 1. The van der Waals surface area contributed by atoms with Crippen LogP contribution in [0.1, 0.15) is 16.7 Å². The summed E-state index contributed by atoms with van der Waals surface area (Å²) in [4.78, 5) is 8.37. The fraction of sp³-hybridized carbons (Fsp3) is 0.308. The minimum absolute atomic E-state index is 0.174. The van der Waals surface area contributed by atoms with Gasteiger partial charge >= 0.3 is 0 Å². The summed E-state index contributed by atoms with van der Waals surface area (Å²) in [6.07, 6.45) is 1.54. The van der Waals surface area contributed by atoms with E-state index in [1.54, 1.807) is 17.8 Å². The number of aryl methyl sites for hydroxylation is 1. The van der Waals surface area contributed by atoms with Crippen LogP contribution < -0.4 is 0 Å². The Labute approximate surface area is 202 Å². The van der Waals surface area contributed by atoms with Gasteiger partial charge in [-0.1, -0.05) is 72.3 Å². The molecule has 1 aliphatic heterocycles. The van der Waals surface area contributed by atoms with Crippen LogP contribution >= 0.6 is 11.6 Å². The molecule has 0 unspecified atom stereocenters. The molecule has 0 aliphatic carbocycles. The van der Waals surface area contributed by atoms with Crippen LogP contribution in [0.15, 0.2) is 73.2 Å². The maximum atomic E-state index is 16.9. The minimum Gasteiger partial charge on any atom is -0.374 e. The predicted octanol–water partition coefficient (Wildman–Crippen LogP) is 4.99. The Morgan fingerprint density at radius 3 is 2.44 bits per heavy atom. The lowest BCUT2D eigenvalue weighted by Gasteiger charge is -2.28. The molecule has 6 nitrogen and oxygen atoms in total. The molecule has 0 radical (unpaired) electrons. The second-order valence-electron chi connectivity index (χ2n) is 8.45. The van der Waals surface area contributed by atoms with Crippen LogP contribution in [0.25, 0.3) is 11.0 Å². The molecule has 1 aliphatic rings. The van der Waals surface area contributed by atoms with E-state index >= 15 is 4.39 Å². The highest BCUT2D eigenvalue weighted by Gasteiger charge is 2.54. The van der Waals surface area contributed by atoms with Crippen molar-refractivity contribution < 1.29 is 18.6 Å². The van der Waals surface area contributed by atoms with Gasteiger partial charge in [0.1, 0.15) is 24.1 Å². The molecule has 0 amide bonds. The van der Waals surface area contributed by atoms with Crippen molar-refractivity contribution in [2.75, 3.05) is 13.2 Å². The normalized spacial score (nSPS) is 22.4. The van der Waals surface area contributed by atoms with Crippen LogP contribution in [-0.2, 0) is 40.1 Å². The third-order valence-electron chi connectivity index (χ3n) is 6.12. The molecule has 2 aromatic heterocycles. The molecule has 0 bridgehead atoms. The van der Waals surface area contributed by atoms with E-state index in [2.05, 4.69) is 9.97 Å². The highest BCUT2D eigenvalue weighted by atomic mass is 35.5. The summed E-state index contributed by atoms with van der Waals surface area (Å²) < 4.78 is 36.6. The Hall–Kier alpha value is -2.84. The quantitative estimate of drug-likeness (QED) is 0.332. The molecule has 5 rings (SSSR count). The standard InChI is InChI=1S/C26H25ClFN3O3/c1-31-12-20(22-23(31)25(27)30-17-29-22)26(28)16-34-21(15-32-13-18-8-4-2-5-9-18)24(26)33-14-19-10-6-3-7-11-19/h2-12,17,21,24H,13-16H2,1H3/t21-,24-,26+/m1/s1. The first-order chi connectivity index (χ1) is 16.6. The second kappa shape index (κ2) is 9.80. The Morgan fingerprint density at radius 2 is 1.74 bits per heavy atom. The first-order valence-corrected chi connectivity index (χ1v) is 11.5. The zero-order valence-corrected chi connectivity index (χ0v) is 19.5. The number of ether oxygens (including phenoxy) is 3. The smallest absolute Gasteiger partial charge is 0.191 e. The average Bonchev–Trinajstić information content (AvgIpc) is 3.37. The van der Waals surface area contributed by atoms with Crippen molar-refractivity contribution in [2.45, 2.75) is 31.1 Å². The number of fused-ring (bicyclic) bond motifs is 1. The molecule has 1 fully saturated rings. The van der Waals surface area contributed by atoms with Crippen LogP contribution in [0.4, 0.5) is 4.39 Å². The summed E-state index contributed by atoms with van der Waals surface area (Å²) in [7, 11) is 1.79. The van der Waals surface area contributed by atoms with Crippen LogP contribution in [-0.4, -0.2) is 40.0 Å². The highest BCUT2D eigenvalue weighted by molar-refractivity contribution is 6.33. The van der Waals surface area contributed by atoms with E-state index in [1.165, 1.54) is 6.33 Å². The van der Waals surface area contributed by atoms with E-state index in [1.807, 2.05) is 60.7 Å². The summed E-state index contributed by atoms with van der Waals surface area (Å²) in [6, 6.07) is 19.5. The van der Waals surface area contributed by atoms with Gasteiger partial charge in [0.25, 0.3) is 0 Å². The maximum Gasteiger partial charge on any atom is 0.191 e. The van der Waals surface area contributed by atoms with Crippen molar-refractivity contribution in [3.63, 3.8) is 0 Å². The molecule has 34 heavy (non-hydrogen) atoms. The molecular formula is C26H25ClFN3O3. The SMILES string of the molecule is Cn1cc([C@@]2(F)CO[C@H](COCc3ccccc3)[C@H]2OCc2ccccc2)c2ncnc(Cl)c21. The van der Waals surface area contributed by atoms with Crippen molar-refractivity contribution in [1.82, 2.24) is 14.5 Å². The van der Waals surface area contributed by atoms with Crippen molar-refractivity contribution in [2.24, 2.45) is 7.05 Å². The Kier molecular flexibility index (Phi) is 6.61. The lowest BCUT2D eigenvalue weighted by atomic mass is 9.91. The minimum atomic E-state index is -1.94. The molecule has 4 aromatic rings. The van der Waals surface area contributed by atoms with Gasteiger partial charge in [0.2, 0.25) is 0 Å². The molecule has 3 atom stereocenters. The molecule has 0 spiro atoms. The van der Waals surface area contributed by atoms with E-state index in [4.69, 9.17) is 25.8 Å². The molecule has 8 heteroatoms. The Balaban J connectivity index is 1.42. The lowest BCUT2D eigenvalue weighted by molar-refractivity contribution is -0.0846. The summed E-state index contributed by atoms with van der Waals surface area (Å²) in [5, 5.41) is 0.269. The van der Waals surface area contributed by atoms with Crippen molar-refractivity contribution in [3.05, 3.63) is 95.0 Å². The molecular weight excluding hydrogens is 457 g/mol. The van der Waals surface area contributed by atoms with Gasteiger partial charge in [0.15, 0.2) is 10.8 Å². The first-order valence-electron chi connectivity index (χ1n) is 11.1. The van der Waals surface area contributed by atoms with E-state index < -0.39 is 17.9 Å². The number of hydrogen-bond acceptors (Lipinski definition) is 5. The second-order valence-corrected chi connectivity index (χ2v) is 8.80.